The second kappa shape index (κ2) is 6.53. The molecule has 0 aromatic carbocycles. The SMILES string of the molecule is CCOC1CC(NC(=O)NCC(O)(CC)CC)C12CCC2. The molecule has 5 heteroatoms. The molecule has 1 spiro atoms. The van der Waals surface area contributed by atoms with Crippen molar-refractivity contribution in [2.45, 2.75) is 77.0 Å². The molecule has 0 aromatic rings. The molecule has 0 bridgehead atoms. The van der Waals surface area contributed by atoms with Gasteiger partial charge in [-0.05, 0) is 39.0 Å². The summed E-state index contributed by atoms with van der Waals surface area (Å²) in [6.45, 7) is 6.94. The number of urea groups is 1. The third-order valence-electron chi connectivity index (χ3n) is 5.64. The van der Waals surface area contributed by atoms with E-state index < -0.39 is 5.60 Å². The minimum Gasteiger partial charge on any atom is -0.388 e. The zero-order chi connectivity index (χ0) is 15.5. The molecule has 2 aliphatic rings. The van der Waals surface area contributed by atoms with Crippen LogP contribution < -0.4 is 10.6 Å². The van der Waals surface area contributed by atoms with E-state index in [9.17, 15) is 9.90 Å². The van der Waals surface area contributed by atoms with Crippen LogP contribution in [0.3, 0.4) is 0 Å². The van der Waals surface area contributed by atoms with E-state index in [0.29, 0.717) is 25.5 Å². The molecule has 2 unspecified atom stereocenters. The lowest BCUT2D eigenvalue weighted by atomic mass is 9.51. The van der Waals surface area contributed by atoms with E-state index in [2.05, 4.69) is 10.6 Å². The van der Waals surface area contributed by atoms with Gasteiger partial charge in [0.1, 0.15) is 0 Å². The number of carbonyl (C=O) groups excluding carboxylic acids is 1. The Morgan fingerprint density at radius 2 is 2.00 bits per heavy atom. The minimum atomic E-state index is -0.793. The second-order valence-electron chi connectivity index (χ2n) is 6.58. The van der Waals surface area contributed by atoms with Crippen LogP contribution in [0.4, 0.5) is 4.79 Å². The Kier molecular flexibility index (Phi) is 5.15. The number of rotatable bonds is 7. The van der Waals surface area contributed by atoms with Gasteiger partial charge in [0.15, 0.2) is 0 Å². The Balaban J connectivity index is 1.79. The Labute approximate surface area is 127 Å². The molecule has 122 valence electrons. The first-order valence-corrected chi connectivity index (χ1v) is 8.38. The van der Waals surface area contributed by atoms with Gasteiger partial charge in [0.25, 0.3) is 0 Å². The highest BCUT2D eigenvalue weighted by Gasteiger charge is 2.59. The normalized spacial score (nSPS) is 26.9. The summed E-state index contributed by atoms with van der Waals surface area (Å²) in [7, 11) is 0. The molecule has 2 atom stereocenters. The van der Waals surface area contributed by atoms with Crippen LogP contribution >= 0.6 is 0 Å². The van der Waals surface area contributed by atoms with Gasteiger partial charge < -0.3 is 20.5 Å². The highest BCUT2D eigenvalue weighted by atomic mass is 16.5. The quantitative estimate of drug-likeness (QED) is 0.674. The van der Waals surface area contributed by atoms with E-state index in [-0.39, 0.29) is 17.5 Å². The zero-order valence-electron chi connectivity index (χ0n) is 13.6. The smallest absolute Gasteiger partial charge is 0.315 e. The molecule has 2 fully saturated rings. The molecule has 2 amide bonds. The van der Waals surface area contributed by atoms with Gasteiger partial charge in [0.2, 0.25) is 0 Å². The van der Waals surface area contributed by atoms with Crippen molar-refractivity contribution >= 4 is 6.03 Å². The molecule has 21 heavy (non-hydrogen) atoms. The number of nitrogens with one attached hydrogen (secondary N) is 2. The van der Waals surface area contributed by atoms with Gasteiger partial charge in [-0.3, -0.25) is 0 Å². The Morgan fingerprint density at radius 1 is 1.33 bits per heavy atom. The summed E-state index contributed by atoms with van der Waals surface area (Å²) < 4.78 is 5.78. The van der Waals surface area contributed by atoms with E-state index in [1.165, 1.54) is 6.42 Å². The van der Waals surface area contributed by atoms with E-state index >= 15 is 0 Å². The van der Waals surface area contributed by atoms with Crippen LogP contribution in [0, 0.1) is 5.41 Å². The number of hydrogen-bond acceptors (Lipinski definition) is 3. The summed E-state index contributed by atoms with van der Waals surface area (Å²) in [6, 6.07) is 0.0562. The lowest BCUT2D eigenvalue weighted by Gasteiger charge is -2.60. The van der Waals surface area contributed by atoms with E-state index in [1.807, 2.05) is 20.8 Å². The van der Waals surface area contributed by atoms with Crippen molar-refractivity contribution < 1.29 is 14.6 Å². The van der Waals surface area contributed by atoms with Crippen molar-refractivity contribution in [3.8, 4) is 0 Å². The molecule has 5 nitrogen and oxygen atoms in total. The van der Waals surface area contributed by atoms with Crippen molar-refractivity contribution in [2.75, 3.05) is 13.2 Å². The zero-order valence-corrected chi connectivity index (χ0v) is 13.6. The average Bonchev–Trinajstić information content (AvgIpc) is 2.41. The van der Waals surface area contributed by atoms with Crippen molar-refractivity contribution in [3.63, 3.8) is 0 Å². The Morgan fingerprint density at radius 3 is 2.48 bits per heavy atom. The third kappa shape index (κ3) is 3.19. The van der Waals surface area contributed by atoms with Gasteiger partial charge in [-0.2, -0.15) is 0 Å². The number of ether oxygens (including phenoxy) is 1. The van der Waals surface area contributed by atoms with Gasteiger partial charge in [-0.25, -0.2) is 4.79 Å². The lowest BCUT2D eigenvalue weighted by Crippen LogP contribution is -2.68. The lowest BCUT2D eigenvalue weighted by molar-refractivity contribution is -0.169. The van der Waals surface area contributed by atoms with Gasteiger partial charge in [0.05, 0.1) is 11.7 Å². The Hall–Kier alpha value is -0.810. The number of carbonyl (C=O) groups is 1. The summed E-state index contributed by atoms with van der Waals surface area (Å²) in [6.07, 6.45) is 6.03. The summed E-state index contributed by atoms with van der Waals surface area (Å²) >= 11 is 0. The summed E-state index contributed by atoms with van der Waals surface area (Å²) in [5, 5.41) is 16.1. The van der Waals surface area contributed by atoms with Gasteiger partial charge in [-0.15, -0.1) is 0 Å². The largest absolute Gasteiger partial charge is 0.388 e. The average molecular weight is 298 g/mol. The molecule has 0 aromatic heterocycles. The highest BCUT2D eigenvalue weighted by molar-refractivity contribution is 5.74. The van der Waals surface area contributed by atoms with Crippen LogP contribution in [-0.2, 0) is 4.74 Å². The molecular formula is C16H30N2O3. The first-order valence-electron chi connectivity index (χ1n) is 8.38. The number of amides is 2. The molecule has 3 N–H and O–H groups in total. The molecule has 0 aliphatic heterocycles. The maximum Gasteiger partial charge on any atom is 0.315 e. The monoisotopic (exact) mass is 298 g/mol. The van der Waals surface area contributed by atoms with Crippen molar-refractivity contribution in [1.82, 2.24) is 10.6 Å². The molecule has 0 radical (unpaired) electrons. The van der Waals surface area contributed by atoms with Gasteiger partial charge >= 0.3 is 6.03 Å². The van der Waals surface area contributed by atoms with Gasteiger partial charge in [0, 0.05) is 24.6 Å². The summed E-state index contributed by atoms with van der Waals surface area (Å²) in [5.74, 6) is 0. The fourth-order valence-corrected chi connectivity index (χ4v) is 3.59. The topological polar surface area (TPSA) is 70.6 Å². The fraction of sp³-hybridized carbons (Fsp3) is 0.938. The van der Waals surface area contributed by atoms with E-state index in [4.69, 9.17) is 4.74 Å². The maximum atomic E-state index is 12.0. The van der Waals surface area contributed by atoms with Crippen LogP contribution in [-0.4, -0.2) is 42.0 Å². The van der Waals surface area contributed by atoms with Gasteiger partial charge in [-0.1, -0.05) is 20.3 Å². The van der Waals surface area contributed by atoms with E-state index in [1.54, 1.807) is 0 Å². The number of aliphatic hydroxyl groups is 1. The van der Waals surface area contributed by atoms with Crippen LogP contribution in [0.1, 0.15) is 59.3 Å². The summed E-state index contributed by atoms with van der Waals surface area (Å²) in [4.78, 5) is 12.0. The third-order valence-corrected chi connectivity index (χ3v) is 5.64. The molecule has 2 rings (SSSR count). The predicted octanol–water partition coefficient (Wildman–Crippen LogP) is 2.18. The van der Waals surface area contributed by atoms with E-state index in [0.717, 1.165) is 25.9 Å². The molecule has 0 saturated heterocycles. The highest BCUT2D eigenvalue weighted by Crippen LogP contribution is 2.57. The van der Waals surface area contributed by atoms with Crippen LogP contribution in [0.5, 0.6) is 0 Å². The molecule has 0 heterocycles. The standard InChI is InChI=1S/C16H30N2O3/c1-4-15(20,5-2)11-17-14(19)18-12-10-13(21-6-3)16(12)8-7-9-16/h12-13,20H,4-11H2,1-3H3,(H2,17,18,19). The molecule has 2 saturated carbocycles. The van der Waals surface area contributed by atoms with Crippen LogP contribution in [0.15, 0.2) is 0 Å². The molecular weight excluding hydrogens is 268 g/mol. The molecule has 2 aliphatic carbocycles. The Bertz CT molecular complexity index is 365. The first-order chi connectivity index (χ1) is 9.99. The van der Waals surface area contributed by atoms with Crippen LogP contribution in [0.25, 0.3) is 0 Å². The first kappa shape index (κ1) is 16.6. The predicted molar refractivity (Wildman–Crippen MR) is 82.2 cm³/mol. The minimum absolute atomic E-state index is 0.165. The number of hydrogen-bond donors (Lipinski definition) is 3. The second-order valence-corrected chi connectivity index (χ2v) is 6.58. The maximum absolute atomic E-state index is 12.0. The summed E-state index contributed by atoms with van der Waals surface area (Å²) in [5.41, 5.74) is -0.613. The van der Waals surface area contributed by atoms with Crippen molar-refractivity contribution in [1.29, 1.82) is 0 Å². The van der Waals surface area contributed by atoms with Crippen LogP contribution in [0.2, 0.25) is 0 Å². The fourth-order valence-electron chi connectivity index (χ4n) is 3.59. The van der Waals surface area contributed by atoms with Crippen molar-refractivity contribution in [3.05, 3.63) is 0 Å². The van der Waals surface area contributed by atoms with Crippen molar-refractivity contribution in [2.24, 2.45) is 5.41 Å².